The molecule has 0 radical (unpaired) electrons. The van der Waals surface area contributed by atoms with Crippen LogP contribution in [0, 0.1) is 0 Å². The maximum absolute atomic E-state index is 6.22. The minimum absolute atomic E-state index is 0.0396. The van der Waals surface area contributed by atoms with E-state index in [1.807, 2.05) is 42.5 Å². The lowest BCUT2D eigenvalue weighted by atomic mass is 9.99. The molecule has 0 aliphatic heterocycles. The van der Waals surface area contributed by atoms with E-state index < -0.39 is 0 Å². The summed E-state index contributed by atoms with van der Waals surface area (Å²) >= 11 is 12.2. The molecule has 0 amide bonds. The Morgan fingerprint density at radius 1 is 1.05 bits per heavy atom. The van der Waals surface area contributed by atoms with Crippen LogP contribution in [0.3, 0.4) is 0 Å². The van der Waals surface area contributed by atoms with Gasteiger partial charge in [0.25, 0.3) is 0 Å². The van der Waals surface area contributed by atoms with E-state index in [0.29, 0.717) is 11.4 Å². The molecule has 0 aromatic heterocycles. The molecule has 0 spiro atoms. The lowest BCUT2D eigenvalue weighted by molar-refractivity contribution is 0.408. The lowest BCUT2D eigenvalue weighted by Crippen LogP contribution is -2.25. The normalized spacial score (nSPS) is 12.2. The fraction of sp³-hybridized carbons (Fsp3) is 0.250. The Labute approximate surface area is 129 Å². The Balaban J connectivity index is 2.10. The van der Waals surface area contributed by atoms with E-state index in [1.54, 1.807) is 7.11 Å². The fourth-order valence-corrected chi connectivity index (χ4v) is 2.62. The third-order valence-electron chi connectivity index (χ3n) is 3.16. The summed E-state index contributed by atoms with van der Waals surface area (Å²) in [6.07, 6.45) is 1.41. The van der Waals surface area contributed by atoms with Crippen LogP contribution in [0.15, 0.2) is 42.5 Å². The lowest BCUT2D eigenvalue weighted by Gasteiger charge is -2.15. The van der Waals surface area contributed by atoms with Crippen molar-refractivity contribution in [1.82, 2.24) is 0 Å². The van der Waals surface area contributed by atoms with Gasteiger partial charge in [0.15, 0.2) is 0 Å². The molecule has 20 heavy (non-hydrogen) atoms. The quantitative estimate of drug-likeness (QED) is 0.902. The van der Waals surface area contributed by atoms with Crippen molar-refractivity contribution in [2.45, 2.75) is 18.9 Å². The first-order chi connectivity index (χ1) is 9.60. The number of nitrogens with two attached hydrogens (primary N) is 1. The molecule has 0 saturated heterocycles. The Kier molecular flexibility index (Phi) is 5.30. The predicted molar refractivity (Wildman–Crippen MR) is 84.8 cm³/mol. The van der Waals surface area contributed by atoms with Crippen molar-refractivity contribution in [2.24, 2.45) is 5.73 Å². The van der Waals surface area contributed by atoms with Crippen LogP contribution < -0.4 is 10.5 Å². The molecule has 2 N–H and O–H groups in total. The van der Waals surface area contributed by atoms with Gasteiger partial charge in [-0.15, -0.1) is 0 Å². The number of hydrogen-bond donors (Lipinski definition) is 1. The Bertz CT molecular complexity index is 586. The summed E-state index contributed by atoms with van der Waals surface area (Å²) in [7, 11) is 1.65. The highest BCUT2D eigenvalue weighted by Crippen LogP contribution is 2.25. The molecule has 0 fully saturated rings. The van der Waals surface area contributed by atoms with Crippen LogP contribution in [-0.4, -0.2) is 13.2 Å². The fourth-order valence-electron chi connectivity index (χ4n) is 2.21. The van der Waals surface area contributed by atoms with E-state index in [4.69, 9.17) is 33.7 Å². The molecule has 2 aromatic carbocycles. The monoisotopic (exact) mass is 309 g/mol. The topological polar surface area (TPSA) is 35.2 Å². The molecule has 0 aliphatic rings. The van der Waals surface area contributed by atoms with Gasteiger partial charge in [-0.05, 0) is 48.2 Å². The first-order valence-corrected chi connectivity index (χ1v) is 7.17. The second kappa shape index (κ2) is 6.98. The maximum Gasteiger partial charge on any atom is 0.122 e. The van der Waals surface area contributed by atoms with Gasteiger partial charge < -0.3 is 10.5 Å². The van der Waals surface area contributed by atoms with Gasteiger partial charge in [0.2, 0.25) is 0 Å². The van der Waals surface area contributed by atoms with Crippen molar-refractivity contribution in [1.29, 1.82) is 0 Å². The van der Waals surface area contributed by atoms with Crippen molar-refractivity contribution in [3.8, 4) is 5.75 Å². The highest BCUT2D eigenvalue weighted by Gasteiger charge is 2.11. The Morgan fingerprint density at radius 2 is 1.75 bits per heavy atom. The number of benzene rings is 2. The molecule has 0 aliphatic carbocycles. The van der Waals surface area contributed by atoms with Crippen molar-refractivity contribution in [2.75, 3.05) is 7.11 Å². The summed E-state index contributed by atoms with van der Waals surface area (Å²) in [5, 5.41) is 1.44. The van der Waals surface area contributed by atoms with Crippen LogP contribution in [0.25, 0.3) is 0 Å². The molecular weight excluding hydrogens is 293 g/mol. The molecule has 106 valence electrons. The smallest absolute Gasteiger partial charge is 0.122 e. The molecule has 0 saturated carbocycles. The maximum atomic E-state index is 6.22. The molecule has 1 atom stereocenters. The van der Waals surface area contributed by atoms with Gasteiger partial charge in [-0.2, -0.15) is 0 Å². The Hall–Kier alpha value is -1.22. The molecule has 2 nitrogen and oxygen atoms in total. The van der Waals surface area contributed by atoms with Gasteiger partial charge in [-0.1, -0.05) is 41.4 Å². The van der Waals surface area contributed by atoms with Crippen molar-refractivity contribution in [3.63, 3.8) is 0 Å². The minimum atomic E-state index is -0.0396. The number of ether oxygens (including phenoxy) is 1. The van der Waals surface area contributed by atoms with Crippen LogP contribution in [-0.2, 0) is 12.8 Å². The van der Waals surface area contributed by atoms with Crippen molar-refractivity contribution >= 4 is 23.2 Å². The second-order valence-corrected chi connectivity index (χ2v) is 5.56. The molecule has 4 heteroatoms. The van der Waals surface area contributed by atoms with Crippen molar-refractivity contribution in [3.05, 3.63) is 63.6 Å². The molecule has 2 aromatic rings. The van der Waals surface area contributed by atoms with Gasteiger partial charge >= 0.3 is 0 Å². The second-order valence-electron chi connectivity index (χ2n) is 4.72. The van der Waals surface area contributed by atoms with Crippen LogP contribution in [0.2, 0.25) is 10.0 Å². The van der Waals surface area contributed by atoms with Crippen LogP contribution >= 0.6 is 23.2 Å². The van der Waals surface area contributed by atoms with Crippen LogP contribution in [0.5, 0.6) is 5.75 Å². The molecule has 2 rings (SSSR count). The zero-order chi connectivity index (χ0) is 14.5. The minimum Gasteiger partial charge on any atom is -0.496 e. The summed E-state index contributed by atoms with van der Waals surface area (Å²) in [6.45, 7) is 0. The first kappa shape index (κ1) is 15.2. The van der Waals surface area contributed by atoms with Crippen molar-refractivity contribution < 1.29 is 4.74 Å². The SMILES string of the molecule is COc1ccc(Cl)cc1CC(N)Cc1ccccc1Cl. The summed E-state index contributed by atoms with van der Waals surface area (Å²) in [4.78, 5) is 0. The van der Waals surface area contributed by atoms with Gasteiger partial charge in [-0.3, -0.25) is 0 Å². The van der Waals surface area contributed by atoms with Crippen LogP contribution in [0.4, 0.5) is 0 Å². The number of methoxy groups -OCH3 is 1. The van der Waals surface area contributed by atoms with E-state index in [2.05, 4.69) is 0 Å². The van der Waals surface area contributed by atoms with Gasteiger partial charge in [0, 0.05) is 16.1 Å². The van der Waals surface area contributed by atoms with Gasteiger partial charge in [0.05, 0.1) is 7.11 Å². The van der Waals surface area contributed by atoms with E-state index in [9.17, 15) is 0 Å². The first-order valence-electron chi connectivity index (χ1n) is 6.41. The summed E-state index contributed by atoms with van der Waals surface area (Å²) in [5.41, 5.74) is 8.29. The zero-order valence-electron chi connectivity index (χ0n) is 11.3. The predicted octanol–water partition coefficient (Wildman–Crippen LogP) is 4.11. The van der Waals surface area contributed by atoms with E-state index in [1.165, 1.54) is 0 Å². The third kappa shape index (κ3) is 3.89. The van der Waals surface area contributed by atoms with E-state index in [0.717, 1.165) is 28.3 Å². The standard InChI is InChI=1S/C16H17Cl2NO/c1-20-16-7-6-13(17)8-12(16)10-14(19)9-11-4-2-3-5-15(11)18/h2-8,14H,9-10,19H2,1H3. The number of hydrogen-bond acceptors (Lipinski definition) is 2. The molecule has 0 heterocycles. The largest absolute Gasteiger partial charge is 0.496 e. The Morgan fingerprint density at radius 3 is 2.45 bits per heavy atom. The molecule has 0 bridgehead atoms. The number of rotatable bonds is 5. The summed E-state index contributed by atoms with van der Waals surface area (Å²) < 4.78 is 5.33. The average molecular weight is 310 g/mol. The van der Waals surface area contributed by atoms with Crippen LogP contribution in [0.1, 0.15) is 11.1 Å². The highest BCUT2D eigenvalue weighted by molar-refractivity contribution is 6.31. The number of halogens is 2. The van der Waals surface area contributed by atoms with Gasteiger partial charge in [0.1, 0.15) is 5.75 Å². The zero-order valence-corrected chi connectivity index (χ0v) is 12.8. The third-order valence-corrected chi connectivity index (χ3v) is 3.77. The summed E-state index contributed by atoms with van der Waals surface area (Å²) in [6, 6.07) is 13.3. The molecule has 1 unspecified atom stereocenters. The van der Waals surface area contributed by atoms with E-state index >= 15 is 0 Å². The average Bonchev–Trinajstić information content (AvgIpc) is 2.41. The van der Waals surface area contributed by atoms with Gasteiger partial charge in [-0.25, -0.2) is 0 Å². The summed E-state index contributed by atoms with van der Waals surface area (Å²) in [5.74, 6) is 0.809. The highest BCUT2D eigenvalue weighted by atomic mass is 35.5. The molecular formula is C16H17Cl2NO. The van der Waals surface area contributed by atoms with E-state index in [-0.39, 0.29) is 6.04 Å².